The number of hydrogen-bond acceptors (Lipinski definition) is 3. The standard InChI is InChI=1S/C13H24N2S/c1-4-6-7-12(5-2)14-9-8-13-15-11(3)10-16-13/h10,12,14H,4-9H2,1-3H3. The lowest BCUT2D eigenvalue weighted by atomic mass is 10.1. The van der Waals surface area contributed by atoms with E-state index in [9.17, 15) is 0 Å². The van der Waals surface area contributed by atoms with Gasteiger partial charge in [-0.2, -0.15) is 0 Å². The molecule has 1 rings (SSSR count). The van der Waals surface area contributed by atoms with Crippen LogP contribution >= 0.6 is 11.3 Å². The molecular weight excluding hydrogens is 216 g/mol. The number of nitrogens with one attached hydrogen (secondary N) is 1. The normalized spacial score (nSPS) is 12.9. The Kier molecular flexibility index (Phi) is 6.65. The Balaban J connectivity index is 2.17. The maximum atomic E-state index is 4.47. The van der Waals surface area contributed by atoms with E-state index in [1.807, 2.05) is 0 Å². The van der Waals surface area contributed by atoms with Gasteiger partial charge in [-0.15, -0.1) is 11.3 Å². The highest BCUT2D eigenvalue weighted by Gasteiger charge is 2.05. The molecule has 0 saturated heterocycles. The lowest BCUT2D eigenvalue weighted by Gasteiger charge is -2.15. The molecule has 1 N–H and O–H groups in total. The van der Waals surface area contributed by atoms with Crippen molar-refractivity contribution in [3.05, 3.63) is 16.1 Å². The van der Waals surface area contributed by atoms with Gasteiger partial charge in [0.05, 0.1) is 5.01 Å². The van der Waals surface area contributed by atoms with Crippen molar-refractivity contribution in [3.8, 4) is 0 Å². The third-order valence-corrected chi connectivity index (χ3v) is 3.86. The maximum Gasteiger partial charge on any atom is 0.0940 e. The van der Waals surface area contributed by atoms with Crippen LogP contribution in [-0.4, -0.2) is 17.6 Å². The zero-order valence-electron chi connectivity index (χ0n) is 10.8. The SMILES string of the molecule is CCCCC(CC)NCCc1nc(C)cs1. The van der Waals surface area contributed by atoms with Crippen LogP contribution < -0.4 is 5.32 Å². The minimum atomic E-state index is 0.695. The molecule has 0 fully saturated rings. The van der Waals surface area contributed by atoms with E-state index in [0.29, 0.717) is 6.04 Å². The minimum Gasteiger partial charge on any atom is -0.314 e. The Bertz CT molecular complexity index is 283. The van der Waals surface area contributed by atoms with Gasteiger partial charge in [0.1, 0.15) is 0 Å². The molecule has 1 atom stereocenters. The van der Waals surface area contributed by atoms with E-state index >= 15 is 0 Å². The largest absolute Gasteiger partial charge is 0.314 e. The molecule has 0 aromatic carbocycles. The predicted octanol–water partition coefficient (Wildman–Crippen LogP) is 3.55. The summed E-state index contributed by atoms with van der Waals surface area (Å²) in [5.74, 6) is 0. The summed E-state index contributed by atoms with van der Waals surface area (Å²) < 4.78 is 0. The number of nitrogens with zero attached hydrogens (tertiary/aromatic N) is 1. The first-order valence-corrected chi connectivity index (χ1v) is 7.28. The summed E-state index contributed by atoms with van der Waals surface area (Å²) in [5, 5.41) is 7.02. The molecule has 1 aromatic rings. The van der Waals surface area contributed by atoms with Gasteiger partial charge in [0, 0.05) is 30.1 Å². The Morgan fingerprint density at radius 2 is 2.25 bits per heavy atom. The fourth-order valence-corrected chi connectivity index (χ4v) is 2.58. The van der Waals surface area contributed by atoms with E-state index in [2.05, 4.69) is 36.5 Å². The molecule has 2 nitrogen and oxygen atoms in total. The molecule has 3 heteroatoms. The van der Waals surface area contributed by atoms with Crippen molar-refractivity contribution in [1.29, 1.82) is 0 Å². The molecule has 0 aliphatic rings. The third kappa shape index (κ3) is 5.08. The highest BCUT2D eigenvalue weighted by molar-refractivity contribution is 7.09. The van der Waals surface area contributed by atoms with E-state index in [4.69, 9.17) is 0 Å². The number of aromatic nitrogens is 1. The van der Waals surface area contributed by atoms with Gasteiger partial charge in [0.25, 0.3) is 0 Å². The van der Waals surface area contributed by atoms with Gasteiger partial charge >= 0.3 is 0 Å². The van der Waals surface area contributed by atoms with Crippen molar-refractivity contribution in [2.75, 3.05) is 6.54 Å². The Hall–Kier alpha value is -0.410. The molecule has 0 saturated carbocycles. The van der Waals surface area contributed by atoms with Crippen LogP contribution in [0.1, 0.15) is 50.2 Å². The van der Waals surface area contributed by atoms with Gasteiger partial charge in [-0.05, 0) is 19.8 Å². The summed E-state index contributed by atoms with van der Waals surface area (Å²) in [7, 11) is 0. The van der Waals surface area contributed by atoms with Crippen LogP contribution in [0, 0.1) is 6.92 Å². The quantitative estimate of drug-likeness (QED) is 0.751. The first-order valence-electron chi connectivity index (χ1n) is 6.40. The van der Waals surface area contributed by atoms with Crippen molar-refractivity contribution >= 4 is 11.3 Å². The number of aryl methyl sites for hydroxylation is 1. The van der Waals surface area contributed by atoms with Crippen molar-refractivity contribution in [2.24, 2.45) is 0 Å². The van der Waals surface area contributed by atoms with Crippen LogP contribution in [0.2, 0.25) is 0 Å². The number of rotatable bonds is 8. The van der Waals surface area contributed by atoms with Crippen molar-refractivity contribution in [2.45, 2.75) is 58.9 Å². The summed E-state index contributed by atoms with van der Waals surface area (Å²) in [5.41, 5.74) is 1.15. The number of hydrogen-bond donors (Lipinski definition) is 1. The fourth-order valence-electron chi connectivity index (χ4n) is 1.80. The van der Waals surface area contributed by atoms with Gasteiger partial charge < -0.3 is 5.32 Å². The van der Waals surface area contributed by atoms with Gasteiger partial charge in [-0.3, -0.25) is 0 Å². The Morgan fingerprint density at radius 3 is 2.81 bits per heavy atom. The topological polar surface area (TPSA) is 24.9 Å². The second kappa shape index (κ2) is 7.80. The summed E-state index contributed by atoms with van der Waals surface area (Å²) in [6, 6.07) is 0.695. The Labute approximate surface area is 103 Å². The molecule has 0 aliphatic heterocycles. The summed E-state index contributed by atoms with van der Waals surface area (Å²) >= 11 is 1.78. The second-order valence-corrected chi connectivity index (χ2v) is 5.28. The van der Waals surface area contributed by atoms with Crippen LogP contribution in [0.15, 0.2) is 5.38 Å². The molecule has 0 spiro atoms. The van der Waals surface area contributed by atoms with E-state index < -0.39 is 0 Å². The average Bonchev–Trinajstić information content (AvgIpc) is 2.69. The molecule has 0 radical (unpaired) electrons. The van der Waals surface area contributed by atoms with E-state index in [0.717, 1.165) is 18.7 Å². The van der Waals surface area contributed by atoms with E-state index in [1.165, 1.54) is 30.7 Å². The monoisotopic (exact) mass is 240 g/mol. The van der Waals surface area contributed by atoms with Crippen LogP contribution in [0.25, 0.3) is 0 Å². The molecule has 0 bridgehead atoms. The molecule has 1 heterocycles. The van der Waals surface area contributed by atoms with Crippen molar-refractivity contribution < 1.29 is 0 Å². The number of unbranched alkanes of at least 4 members (excludes halogenated alkanes) is 1. The lowest BCUT2D eigenvalue weighted by Crippen LogP contribution is -2.30. The molecule has 0 aliphatic carbocycles. The van der Waals surface area contributed by atoms with Crippen LogP contribution in [-0.2, 0) is 6.42 Å². The molecule has 0 amide bonds. The molecular formula is C13H24N2S. The first-order chi connectivity index (χ1) is 7.76. The second-order valence-electron chi connectivity index (χ2n) is 4.33. The van der Waals surface area contributed by atoms with Crippen molar-refractivity contribution in [3.63, 3.8) is 0 Å². The summed E-state index contributed by atoms with van der Waals surface area (Å²) in [6.07, 6.45) is 6.24. The summed E-state index contributed by atoms with van der Waals surface area (Å²) in [4.78, 5) is 4.47. The lowest BCUT2D eigenvalue weighted by molar-refractivity contribution is 0.456. The summed E-state index contributed by atoms with van der Waals surface area (Å²) in [6.45, 7) is 7.64. The zero-order chi connectivity index (χ0) is 11.8. The minimum absolute atomic E-state index is 0.695. The van der Waals surface area contributed by atoms with Gasteiger partial charge in [-0.25, -0.2) is 4.98 Å². The van der Waals surface area contributed by atoms with Crippen LogP contribution in [0.4, 0.5) is 0 Å². The highest BCUT2D eigenvalue weighted by Crippen LogP contribution is 2.09. The van der Waals surface area contributed by atoms with E-state index in [1.54, 1.807) is 11.3 Å². The molecule has 16 heavy (non-hydrogen) atoms. The predicted molar refractivity (Wildman–Crippen MR) is 72.2 cm³/mol. The van der Waals surface area contributed by atoms with Crippen LogP contribution in [0.3, 0.4) is 0 Å². The number of thiazole rings is 1. The van der Waals surface area contributed by atoms with Crippen molar-refractivity contribution in [1.82, 2.24) is 10.3 Å². The van der Waals surface area contributed by atoms with Gasteiger partial charge in [0.2, 0.25) is 0 Å². The third-order valence-electron chi connectivity index (χ3n) is 2.84. The van der Waals surface area contributed by atoms with Gasteiger partial charge in [0.15, 0.2) is 0 Å². The van der Waals surface area contributed by atoms with Gasteiger partial charge in [-0.1, -0.05) is 26.7 Å². The molecule has 1 aromatic heterocycles. The first kappa shape index (κ1) is 13.7. The zero-order valence-corrected chi connectivity index (χ0v) is 11.6. The average molecular weight is 240 g/mol. The maximum absolute atomic E-state index is 4.47. The highest BCUT2D eigenvalue weighted by atomic mass is 32.1. The molecule has 1 unspecified atom stereocenters. The smallest absolute Gasteiger partial charge is 0.0940 e. The molecule has 92 valence electrons. The fraction of sp³-hybridized carbons (Fsp3) is 0.769. The van der Waals surface area contributed by atoms with Crippen LogP contribution in [0.5, 0.6) is 0 Å². The Morgan fingerprint density at radius 1 is 1.44 bits per heavy atom. The van der Waals surface area contributed by atoms with E-state index in [-0.39, 0.29) is 0 Å².